The topological polar surface area (TPSA) is 40.5 Å². The molecule has 0 radical (unpaired) electrons. The van der Waals surface area contributed by atoms with Crippen molar-refractivity contribution in [3.05, 3.63) is 70.7 Å². The van der Waals surface area contributed by atoms with Crippen LogP contribution >= 0.6 is 11.6 Å². The van der Waals surface area contributed by atoms with Crippen LogP contribution in [0.5, 0.6) is 0 Å². The van der Waals surface area contributed by atoms with Gasteiger partial charge in [0.25, 0.3) is 0 Å². The number of aliphatic hydroxyl groups is 1. The number of rotatable bonds is 5. The smallest absolute Gasteiger partial charge is 0.225 e. The lowest BCUT2D eigenvalue weighted by Crippen LogP contribution is -2.30. The van der Waals surface area contributed by atoms with Gasteiger partial charge >= 0.3 is 0 Å². The van der Waals surface area contributed by atoms with Crippen molar-refractivity contribution in [1.82, 2.24) is 4.90 Å². The zero-order valence-electron chi connectivity index (χ0n) is 12.7. The van der Waals surface area contributed by atoms with Crippen molar-refractivity contribution in [2.24, 2.45) is 0 Å². The lowest BCUT2D eigenvalue weighted by atomic mass is 10.0. The number of halogens is 1. The molecular formula is C18H20ClNO2. The Kier molecular flexibility index (Phi) is 5.58. The van der Waals surface area contributed by atoms with Gasteiger partial charge in [-0.3, -0.25) is 4.79 Å². The number of benzene rings is 2. The number of amides is 1. The summed E-state index contributed by atoms with van der Waals surface area (Å²) in [6, 6.07) is 16.6. The molecule has 0 aliphatic carbocycles. The fourth-order valence-electron chi connectivity index (χ4n) is 2.28. The third-order valence-electron chi connectivity index (χ3n) is 3.88. The van der Waals surface area contributed by atoms with Gasteiger partial charge in [0.2, 0.25) is 5.91 Å². The highest BCUT2D eigenvalue weighted by molar-refractivity contribution is 6.30. The molecule has 2 rings (SSSR count). The molecule has 0 spiro atoms. The highest BCUT2D eigenvalue weighted by Gasteiger charge is 2.20. The van der Waals surface area contributed by atoms with Crippen molar-refractivity contribution in [3.8, 4) is 0 Å². The lowest BCUT2D eigenvalue weighted by Gasteiger charge is -2.26. The highest BCUT2D eigenvalue weighted by atomic mass is 35.5. The van der Waals surface area contributed by atoms with E-state index in [-0.39, 0.29) is 18.4 Å². The molecule has 2 unspecified atom stereocenters. The van der Waals surface area contributed by atoms with E-state index in [0.29, 0.717) is 5.02 Å². The number of hydrogen-bond donors (Lipinski definition) is 1. The van der Waals surface area contributed by atoms with E-state index < -0.39 is 6.10 Å². The molecule has 0 aliphatic heterocycles. The molecule has 4 heteroatoms. The molecule has 2 aromatic rings. The average Bonchev–Trinajstić information content (AvgIpc) is 2.55. The first-order valence-corrected chi connectivity index (χ1v) is 7.61. The molecule has 0 heterocycles. The second-order valence-electron chi connectivity index (χ2n) is 5.36. The van der Waals surface area contributed by atoms with Crippen LogP contribution in [0.2, 0.25) is 5.02 Å². The van der Waals surface area contributed by atoms with Crippen molar-refractivity contribution < 1.29 is 9.90 Å². The van der Waals surface area contributed by atoms with E-state index in [9.17, 15) is 9.90 Å². The van der Waals surface area contributed by atoms with Gasteiger partial charge in [-0.15, -0.1) is 0 Å². The normalized spacial score (nSPS) is 13.5. The molecule has 116 valence electrons. The summed E-state index contributed by atoms with van der Waals surface area (Å²) in [5.41, 5.74) is 1.76. The van der Waals surface area contributed by atoms with Gasteiger partial charge in [0.1, 0.15) is 0 Å². The molecule has 0 fully saturated rings. The lowest BCUT2D eigenvalue weighted by molar-refractivity contribution is -0.134. The van der Waals surface area contributed by atoms with Crippen LogP contribution in [-0.4, -0.2) is 23.0 Å². The van der Waals surface area contributed by atoms with Crippen LogP contribution in [0.15, 0.2) is 54.6 Å². The molecule has 0 aromatic heterocycles. The van der Waals surface area contributed by atoms with Gasteiger partial charge in [-0.25, -0.2) is 0 Å². The quantitative estimate of drug-likeness (QED) is 0.906. The Hall–Kier alpha value is -1.84. The minimum atomic E-state index is -0.784. The van der Waals surface area contributed by atoms with Crippen LogP contribution in [-0.2, 0) is 4.79 Å². The molecule has 0 saturated heterocycles. The van der Waals surface area contributed by atoms with Gasteiger partial charge in [0, 0.05) is 12.1 Å². The summed E-state index contributed by atoms with van der Waals surface area (Å²) in [7, 11) is 1.75. The van der Waals surface area contributed by atoms with Crippen molar-refractivity contribution in [2.45, 2.75) is 25.5 Å². The first-order valence-electron chi connectivity index (χ1n) is 7.23. The second-order valence-corrected chi connectivity index (χ2v) is 5.80. The van der Waals surface area contributed by atoms with E-state index in [1.54, 1.807) is 11.9 Å². The summed E-state index contributed by atoms with van der Waals surface area (Å²) in [6.07, 6.45) is -0.716. The maximum Gasteiger partial charge on any atom is 0.225 e. The Morgan fingerprint density at radius 1 is 1.09 bits per heavy atom. The molecule has 0 bridgehead atoms. The maximum atomic E-state index is 12.3. The third kappa shape index (κ3) is 4.09. The van der Waals surface area contributed by atoms with Crippen molar-refractivity contribution in [2.75, 3.05) is 7.05 Å². The van der Waals surface area contributed by atoms with Gasteiger partial charge in [0.15, 0.2) is 0 Å². The predicted octanol–water partition coefficient (Wildman–Crippen LogP) is 3.98. The fraction of sp³-hybridized carbons (Fsp3) is 0.278. The van der Waals surface area contributed by atoms with Gasteiger partial charge in [-0.2, -0.15) is 0 Å². The standard InChI is InChI=1S/C18H20ClNO2/c1-13(14-8-10-16(19)11-9-14)20(2)18(22)12-17(21)15-6-4-3-5-7-15/h3-11,13,17,21H,12H2,1-2H3. The second kappa shape index (κ2) is 7.43. The van der Waals surface area contributed by atoms with E-state index in [0.717, 1.165) is 11.1 Å². The molecular weight excluding hydrogens is 298 g/mol. The summed E-state index contributed by atoms with van der Waals surface area (Å²) in [4.78, 5) is 14.0. The van der Waals surface area contributed by atoms with Crippen LogP contribution < -0.4 is 0 Å². The minimum absolute atomic E-state index is 0.0679. The SMILES string of the molecule is CC(c1ccc(Cl)cc1)N(C)C(=O)CC(O)c1ccccc1. The largest absolute Gasteiger partial charge is 0.388 e. The molecule has 0 aliphatic rings. The highest BCUT2D eigenvalue weighted by Crippen LogP contribution is 2.23. The fourth-order valence-corrected chi connectivity index (χ4v) is 2.41. The van der Waals surface area contributed by atoms with Crippen LogP contribution in [0.4, 0.5) is 0 Å². The summed E-state index contributed by atoms with van der Waals surface area (Å²) >= 11 is 5.88. The minimum Gasteiger partial charge on any atom is -0.388 e. The summed E-state index contributed by atoms with van der Waals surface area (Å²) in [6.45, 7) is 1.95. The zero-order valence-corrected chi connectivity index (χ0v) is 13.5. The van der Waals surface area contributed by atoms with Crippen molar-refractivity contribution >= 4 is 17.5 Å². The molecule has 0 saturated carbocycles. The Labute approximate surface area is 136 Å². The molecule has 3 nitrogen and oxygen atoms in total. The summed E-state index contributed by atoms with van der Waals surface area (Å²) < 4.78 is 0. The van der Waals surface area contributed by atoms with Crippen molar-refractivity contribution in [1.29, 1.82) is 0 Å². The number of nitrogens with zero attached hydrogens (tertiary/aromatic N) is 1. The van der Waals surface area contributed by atoms with Crippen LogP contribution in [0.1, 0.15) is 36.6 Å². The number of hydrogen-bond acceptors (Lipinski definition) is 2. The molecule has 1 N–H and O–H groups in total. The predicted molar refractivity (Wildman–Crippen MR) is 88.7 cm³/mol. The molecule has 2 atom stereocenters. The van der Waals surface area contributed by atoms with Gasteiger partial charge in [-0.05, 0) is 30.2 Å². The van der Waals surface area contributed by atoms with Gasteiger partial charge in [-0.1, -0.05) is 54.1 Å². The van der Waals surface area contributed by atoms with Crippen LogP contribution in [0.3, 0.4) is 0 Å². The van der Waals surface area contributed by atoms with Crippen LogP contribution in [0, 0.1) is 0 Å². The van der Waals surface area contributed by atoms with Crippen LogP contribution in [0.25, 0.3) is 0 Å². The van der Waals surface area contributed by atoms with E-state index in [2.05, 4.69) is 0 Å². The Bertz CT molecular complexity index is 613. The van der Waals surface area contributed by atoms with E-state index in [1.165, 1.54) is 0 Å². The van der Waals surface area contributed by atoms with Gasteiger partial charge < -0.3 is 10.0 Å². The Balaban J connectivity index is 2.01. The molecule has 1 amide bonds. The van der Waals surface area contributed by atoms with E-state index in [4.69, 9.17) is 11.6 Å². The van der Waals surface area contributed by atoms with E-state index in [1.807, 2.05) is 61.5 Å². The number of carbonyl (C=O) groups is 1. The maximum absolute atomic E-state index is 12.3. The van der Waals surface area contributed by atoms with Gasteiger partial charge in [0.05, 0.1) is 18.6 Å². The first-order chi connectivity index (χ1) is 10.5. The Morgan fingerprint density at radius 3 is 2.27 bits per heavy atom. The number of aliphatic hydroxyl groups excluding tert-OH is 1. The summed E-state index contributed by atoms with van der Waals surface area (Å²) in [5.74, 6) is -0.0983. The Morgan fingerprint density at radius 2 is 1.68 bits per heavy atom. The molecule has 2 aromatic carbocycles. The first kappa shape index (κ1) is 16.5. The third-order valence-corrected chi connectivity index (χ3v) is 4.13. The molecule has 22 heavy (non-hydrogen) atoms. The monoisotopic (exact) mass is 317 g/mol. The van der Waals surface area contributed by atoms with Crippen molar-refractivity contribution in [3.63, 3.8) is 0 Å². The van der Waals surface area contributed by atoms with E-state index >= 15 is 0 Å². The summed E-state index contributed by atoms with van der Waals surface area (Å²) in [5, 5.41) is 10.8. The zero-order chi connectivity index (χ0) is 16.1. The average molecular weight is 318 g/mol. The number of carbonyl (C=O) groups excluding carboxylic acids is 1.